The number of hydrogen-bond acceptors (Lipinski definition) is 14. The highest BCUT2D eigenvalue weighted by molar-refractivity contribution is 5.97. The van der Waals surface area contributed by atoms with E-state index in [9.17, 15) is 47.9 Å². The summed E-state index contributed by atoms with van der Waals surface area (Å²) in [6, 6.07) is 11.6. The van der Waals surface area contributed by atoms with Crippen molar-refractivity contribution in [3.8, 4) is 0 Å². The van der Waals surface area contributed by atoms with Gasteiger partial charge in [0.2, 0.25) is 47.3 Å². The maximum Gasteiger partial charge on any atom is 0.408 e. The van der Waals surface area contributed by atoms with Gasteiger partial charge in [0.05, 0.1) is 0 Å². The summed E-state index contributed by atoms with van der Waals surface area (Å²) in [5, 5.41) is 16.8. The van der Waals surface area contributed by atoms with Gasteiger partial charge < -0.3 is 70.8 Å². The molecule has 2 fully saturated rings. The lowest BCUT2D eigenvalue weighted by Crippen LogP contribution is -2.59. The van der Waals surface area contributed by atoms with E-state index in [1.807, 2.05) is 88.4 Å². The molecule has 88 heavy (non-hydrogen) atoms. The van der Waals surface area contributed by atoms with Crippen molar-refractivity contribution in [2.45, 2.75) is 180 Å². The molecule has 0 bridgehead atoms. The van der Waals surface area contributed by atoms with E-state index in [2.05, 4.69) is 31.9 Å². The van der Waals surface area contributed by atoms with E-state index in [1.54, 1.807) is 108 Å². The molecule has 0 spiro atoms. The average Bonchev–Trinajstić information content (AvgIpc) is 2.57. The lowest BCUT2D eigenvalue weighted by molar-refractivity contribution is -0.141. The molecular weight excluding hydrogens is 1130 g/mol. The van der Waals surface area contributed by atoms with Gasteiger partial charge in [-0.05, 0) is 131 Å². The predicted octanol–water partition coefficient (Wildman–Crippen LogP) is 3.56. The second-order valence-electron chi connectivity index (χ2n) is 26.7. The van der Waals surface area contributed by atoms with Crippen LogP contribution in [0.3, 0.4) is 0 Å². The Labute approximate surface area is 522 Å². The minimum absolute atomic E-state index is 0.147. The molecular formula is C64H104N12O12. The van der Waals surface area contributed by atoms with Crippen LogP contribution in [0.5, 0.6) is 0 Å². The number of alkyl carbamates (subject to hydrolysis) is 2. The average molecular weight is 1230 g/mol. The third kappa shape index (κ3) is 26.2. The Morgan fingerprint density at radius 3 is 1.06 bits per heavy atom. The van der Waals surface area contributed by atoms with Crippen LogP contribution >= 0.6 is 0 Å². The first-order valence-electron chi connectivity index (χ1n) is 30.6. The highest BCUT2D eigenvalue weighted by Gasteiger charge is 2.42. The van der Waals surface area contributed by atoms with Crippen molar-refractivity contribution in [3.05, 3.63) is 71.8 Å². The maximum absolute atomic E-state index is 13.7. The molecule has 2 aliphatic rings. The Hall–Kier alpha value is -7.34. The fraction of sp³-hybridized carbons (Fsp3) is 0.656. The highest BCUT2D eigenvalue weighted by atomic mass is 16.6. The number of carbonyl (C=O) groups excluding carboxylic acids is 10. The van der Waals surface area contributed by atoms with Crippen LogP contribution in [-0.4, -0.2) is 231 Å². The first-order chi connectivity index (χ1) is 41.0. The SMILES string of the molecule is CC(C)C[C@H](NC(=O)[C@H](Cc1ccccc1)NC(=O)[C@H]1CCCN1C(=O)[C@H](CN(C)C)NC(=O)OC(C)(C)C)C(=O)N(C)C.CC(C)C[C@H](NC(=O)[C@H](Cc1ccccc1)NC(=O)[C@H]1CCCN1C(=O)[C@H](CN(C)C)NC(=O)OC(C)(C)C)C(=O)N(C)C. The third-order valence-corrected chi connectivity index (χ3v) is 14.1. The van der Waals surface area contributed by atoms with Crippen LogP contribution in [0.2, 0.25) is 0 Å². The van der Waals surface area contributed by atoms with Crippen molar-refractivity contribution in [1.29, 1.82) is 0 Å². The molecule has 2 saturated heterocycles. The summed E-state index contributed by atoms with van der Waals surface area (Å²) in [4.78, 5) is 142. The van der Waals surface area contributed by atoms with Gasteiger partial charge in [0.15, 0.2) is 0 Å². The number of ether oxygens (including phenoxy) is 2. The molecule has 0 unspecified atom stereocenters. The third-order valence-electron chi connectivity index (χ3n) is 14.1. The minimum Gasteiger partial charge on any atom is -0.444 e. The molecule has 4 rings (SSSR count). The van der Waals surface area contributed by atoms with Gasteiger partial charge in [-0.2, -0.15) is 0 Å². The fourth-order valence-electron chi connectivity index (χ4n) is 10.2. The van der Waals surface area contributed by atoms with Crippen LogP contribution in [0.25, 0.3) is 0 Å². The van der Waals surface area contributed by atoms with Gasteiger partial charge in [-0.15, -0.1) is 0 Å². The lowest BCUT2D eigenvalue weighted by atomic mass is 10.0. The minimum atomic E-state index is -0.982. The summed E-state index contributed by atoms with van der Waals surface area (Å²) in [5.41, 5.74) is 0.176. The molecule has 2 heterocycles. The number of carbonyl (C=O) groups is 10. The van der Waals surface area contributed by atoms with E-state index in [-0.39, 0.29) is 49.6 Å². The monoisotopic (exact) mass is 1230 g/mol. The molecule has 0 saturated carbocycles. The van der Waals surface area contributed by atoms with Gasteiger partial charge in [0, 0.05) is 67.2 Å². The summed E-state index contributed by atoms with van der Waals surface area (Å²) >= 11 is 0. The van der Waals surface area contributed by atoms with E-state index < -0.39 is 107 Å². The standard InChI is InChI=1S/2C32H52N6O6/c2*1-21(2)18-24(29(41)37(8)9)34-27(39)23(19-22-14-11-10-12-15-22)33-28(40)26-16-13-17-38(26)30(42)25(20-36(6)7)35-31(43)44-32(3,4)5/h2*10-12,14-15,21,23-26H,13,16-20H2,1-9H3,(H,33,40)(H,34,39)(H,35,43)/t2*23-,24-,25-,26+/m00/s1. The van der Waals surface area contributed by atoms with Gasteiger partial charge in [-0.25, -0.2) is 9.59 Å². The first-order valence-corrected chi connectivity index (χ1v) is 30.6. The topological polar surface area (TPSA) is 281 Å². The Kier molecular flexibility index (Phi) is 29.8. The quantitative estimate of drug-likeness (QED) is 0.0786. The Morgan fingerprint density at radius 2 is 0.784 bits per heavy atom. The summed E-state index contributed by atoms with van der Waals surface area (Å²) < 4.78 is 10.7. The van der Waals surface area contributed by atoms with Crippen molar-refractivity contribution >= 4 is 59.4 Å². The molecule has 6 N–H and O–H groups in total. The van der Waals surface area contributed by atoms with Gasteiger partial charge in [-0.1, -0.05) is 88.4 Å². The summed E-state index contributed by atoms with van der Waals surface area (Å²) in [6.45, 7) is 19.4. The number of amides is 10. The lowest BCUT2D eigenvalue weighted by Gasteiger charge is -2.31. The van der Waals surface area contributed by atoms with E-state index in [0.717, 1.165) is 11.1 Å². The van der Waals surface area contributed by atoms with E-state index >= 15 is 0 Å². The molecule has 2 aromatic rings. The smallest absolute Gasteiger partial charge is 0.408 e. The zero-order chi connectivity index (χ0) is 66.4. The van der Waals surface area contributed by atoms with E-state index in [0.29, 0.717) is 51.6 Å². The van der Waals surface area contributed by atoms with Gasteiger partial charge >= 0.3 is 12.2 Å². The molecule has 8 atom stereocenters. The molecule has 2 aromatic carbocycles. The Bertz CT molecular complexity index is 2450. The maximum atomic E-state index is 13.7. The van der Waals surface area contributed by atoms with E-state index in [1.165, 1.54) is 19.6 Å². The number of rotatable bonds is 26. The highest BCUT2D eigenvalue weighted by Crippen LogP contribution is 2.23. The molecule has 24 heteroatoms. The van der Waals surface area contributed by atoms with E-state index in [4.69, 9.17) is 9.47 Å². The largest absolute Gasteiger partial charge is 0.444 e. The summed E-state index contributed by atoms with van der Waals surface area (Å²) in [6.07, 6.45) is 1.85. The molecule has 10 amide bonds. The number of likely N-dealkylation sites (tertiary alicyclic amines) is 2. The van der Waals surface area contributed by atoms with Crippen molar-refractivity contribution in [2.24, 2.45) is 11.8 Å². The van der Waals surface area contributed by atoms with Crippen LogP contribution in [0.4, 0.5) is 9.59 Å². The Morgan fingerprint density at radius 1 is 0.466 bits per heavy atom. The number of nitrogens with one attached hydrogen (secondary N) is 6. The van der Waals surface area contributed by atoms with Gasteiger partial charge in [0.25, 0.3) is 0 Å². The number of hydrogen-bond donors (Lipinski definition) is 6. The van der Waals surface area contributed by atoms with Crippen LogP contribution in [0.15, 0.2) is 60.7 Å². The second-order valence-corrected chi connectivity index (χ2v) is 26.7. The van der Waals surface area contributed by atoms with Crippen molar-refractivity contribution in [3.63, 3.8) is 0 Å². The van der Waals surface area contributed by atoms with Crippen LogP contribution in [-0.2, 0) is 60.7 Å². The Balaban J connectivity index is 0.000000460. The van der Waals surface area contributed by atoms with Crippen molar-refractivity contribution in [1.82, 2.24) is 61.3 Å². The van der Waals surface area contributed by atoms with Crippen LogP contribution < -0.4 is 31.9 Å². The molecule has 492 valence electrons. The van der Waals surface area contributed by atoms with Gasteiger partial charge in [0.1, 0.15) is 59.5 Å². The van der Waals surface area contributed by atoms with Crippen LogP contribution in [0, 0.1) is 11.8 Å². The number of benzene rings is 2. The van der Waals surface area contributed by atoms with Crippen molar-refractivity contribution < 1.29 is 57.4 Å². The zero-order valence-corrected chi connectivity index (χ0v) is 55.6. The number of likely N-dealkylation sites (N-methyl/N-ethyl adjacent to an activating group) is 4. The van der Waals surface area contributed by atoms with Crippen LogP contribution in [0.1, 0.15) is 119 Å². The molecule has 0 aliphatic carbocycles. The number of nitrogens with zero attached hydrogens (tertiary/aromatic N) is 6. The first kappa shape index (κ1) is 74.9. The zero-order valence-electron chi connectivity index (χ0n) is 55.6. The van der Waals surface area contributed by atoms with Gasteiger partial charge in [-0.3, -0.25) is 38.4 Å². The fourth-order valence-corrected chi connectivity index (χ4v) is 10.2. The predicted molar refractivity (Wildman–Crippen MR) is 337 cm³/mol. The molecule has 2 aliphatic heterocycles. The summed E-state index contributed by atoms with van der Waals surface area (Å²) in [5.74, 6) is -2.85. The molecule has 0 aromatic heterocycles. The van der Waals surface area contributed by atoms with Crippen molar-refractivity contribution in [2.75, 3.05) is 82.6 Å². The molecule has 24 nitrogen and oxygen atoms in total. The molecule has 0 radical (unpaired) electrons. The summed E-state index contributed by atoms with van der Waals surface area (Å²) in [7, 11) is 13.7. The second kappa shape index (κ2) is 35.0. The normalized spacial score (nSPS) is 17.1.